The first kappa shape index (κ1) is 43.8. The molecule has 0 N–H and O–H groups in total. The maximum Gasteiger partial charge on any atom is 0.135 e. The van der Waals surface area contributed by atoms with Crippen molar-refractivity contribution in [1.82, 2.24) is 4.57 Å². The first-order valence-electron chi connectivity index (χ1n) is 25.6. The molecule has 2 aromatic heterocycles. The summed E-state index contributed by atoms with van der Waals surface area (Å²) in [5, 5.41) is 4.68. The number of anilines is 3. The second-order valence-electron chi connectivity index (χ2n) is 19.3. The Labute approximate surface area is 436 Å². The van der Waals surface area contributed by atoms with Gasteiger partial charge in [0.2, 0.25) is 0 Å². The van der Waals surface area contributed by atoms with Gasteiger partial charge in [0.1, 0.15) is 11.2 Å². The third-order valence-corrected chi connectivity index (χ3v) is 14.7. The number of fused-ring (bicyclic) bond motifs is 6. The van der Waals surface area contributed by atoms with Crippen LogP contribution in [0.2, 0.25) is 0 Å². The van der Waals surface area contributed by atoms with E-state index in [4.69, 9.17) is 4.42 Å². The van der Waals surface area contributed by atoms with E-state index in [2.05, 4.69) is 289 Å². The Bertz CT molecular complexity index is 4400. The Morgan fingerprint density at radius 1 is 0.227 bits per heavy atom. The quantitative estimate of drug-likeness (QED) is 0.136. The molecule has 3 nitrogen and oxygen atoms in total. The average Bonchev–Trinajstić information content (AvgIpc) is 4.05. The number of aromatic nitrogens is 1. The Kier molecular flexibility index (Phi) is 10.8. The van der Waals surface area contributed by atoms with Crippen LogP contribution in [-0.2, 0) is 0 Å². The van der Waals surface area contributed by atoms with Crippen molar-refractivity contribution in [3.05, 3.63) is 291 Å². The van der Waals surface area contributed by atoms with Gasteiger partial charge in [-0.2, -0.15) is 0 Å². The minimum atomic E-state index is 0.885. The molecule has 0 unspecified atom stereocenters. The van der Waals surface area contributed by atoms with Crippen molar-refractivity contribution in [2.24, 2.45) is 0 Å². The highest BCUT2D eigenvalue weighted by Gasteiger charge is 2.18. The number of furan rings is 1. The van der Waals surface area contributed by atoms with Gasteiger partial charge in [0.15, 0.2) is 0 Å². The molecule has 0 aliphatic rings. The van der Waals surface area contributed by atoms with Crippen LogP contribution in [0.4, 0.5) is 17.1 Å². The lowest BCUT2D eigenvalue weighted by Gasteiger charge is -2.26. The van der Waals surface area contributed by atoms with Crippen LogP contribution >= 0.6 is 0 Å². The maximum atomic E-state index is 6.32. The molecule has 0 atom stereocenters. The standard InChI is InChI=1S/C72H48N2O/c1-4-17-49(18-5-1)51-33-37-62(38-34-51)74-69-31-12-10-29-65(69)66-39-35-57(48-70(66)74)60-43-58(42-59(44-60)56-36-40-72-68(47-56)67-30-11-13-32-71(67)75-72)53-22-14-21-52(41-53)55-24-16-28-64(46-55)73(61-25-8-3-9-26-61)63-27-15-23-54(45-63)50-19-6-2-7-20-50/h1-48H. The van der Waals surface area contributed by atoms with Gasteiger partial charge in [0.05, 0.1) is 11.0 Å². The Morgan fingerprint density at radius 2 is 0.640 bits per heavy atom. The number of rotatable bonds is 10. The summed E-state index contributed by atoms with van der Waals surface area (Å²) in [5.41, 5.74) is 22.4. The van der Waals surface area contributed by atoms with E-state index in [0.717, 1.165) is 94.7 Å². The van der Waals surface area contributed by atoms with Gasteiger partial charge >= 0.3 is 0 Å². The van der Waals surface area contributed by atoms with Gasteiger partial charge in [-0.05, 0) is 170 Å². The van der Waals surface area contributed by atoms with Gasteiger partial charge in [0, 0.05) is 44.3 Å². The first-order valence-corrected chi connectivity index (χ1v) is 25.6. The average molecular weight is 957 g/mol. The normalized spacial score (nSPS) is 11.5. The molecule has 3 heteroatoms. The van der Waals surface area contributed by atoms with Gasteiger partial charge in [-0.1, -0.05) is 188 Å². The summed E-state index contributed by atoms with van der Waals surface area (Å²) < 4.78 is 8.74. The van der Waals surface area contributed by atoms with Gasteiger partial charge in [0.25, 0.3) is 0 Å². The van der Waals surface area contributed by atoms with E-state index in [1.807, 2.05) is 12.1 Å². The molecule has 0 saturated heterocycles. The fourth-order valence-electron chi connectivity index (χ4n) is 11.1. The number of benzene rings is 12. The van der Waals surface area contributed by atoms with Crippen molar-refractivity contribution < 1.29 is 4.42 Å². The van der Waals surface area contributed by atoms with Crippen molar-refractivity contribution in [3.63, 3.8) is 0 Å². The molecule has 75 heavy (non-hydrogen) atoms. The predicted octanol–water partition coefficient (Wildman–Crippen LogP) is 20.2. The molecule has 2 heterocycles. The summed E-state index contributed by atoms with van der Waals surface area (Å²) in [6, 6.07) is 105. The van der Waals surface area contributed by atoms with Crippen LogP contribution in [0.5, 0.6) is 0 Å². The molecule has 0 aliphatic carbocycles. The molecule has 14 rings (SSSR count). The van der Waals surface area contributed by atoms with Crippen molar-refractivity contribution in [3.8, 4) is 72.4 Å². The minimum Gasteiger partial charge on any atom is -0.456 e. The van der Waals surface area contributed by atoms with Crippen LogP contribution in [0.3, 0.4) is 0 Å². The van der Waals surface area contributed by atoms with Crippen molar-refractivity contribution in [1.29, 1.82) is 0 Å². The van der Waals surface area contributed by atoms with Crippen LogP contribution in [0.1, 0.15) is 0 Å². The van der Waals surface area contributed by atoms with Crippen LogP contribution < -0.4 is 4.90 Å². The topological polar surface area (TPSA) is 21.3 Å². The summed E-state index contributed by atoms with van der Waals surface area (Å²) in [4.78, 5) is 2.35. The fraction of sp³-hybridized carbons (Fsp3) is 0. The summed E-state index contributed by atoms with van der Waals surface area (Å²) in [6.07, 6.45) is 0. The van der Waals surface area contributed by atoms with E-state index < -0.39 is 0 Å². The maximum absolute atomic E-state index is 6.32. The number of para-hydroxylation sites is 3. The van der Waals surface area contributed by atoms with Crippen LogP contribution in [0.15, 0.2) is 296 Å². The van der Waals surface area contributed by atoms with E-state index >= 15 is 0 Å². The second kappa shape index (κ2) is 18.6. The molecule has 352 valence electrons. The SMILES string of the molecule is c1ccc(-c2ccc(-n3c4ccccc4c4ccc(-c5cc(-c6cccc(-c7cccc(N(c8ccccc8)c8cccc(-c9ccccc9)c8)c7)c6)cc(-c6ccc7oc8ccccc8c7c6)c5)cc43)cc2)cc1. The zero-order chi connectivity index (χ0) is 49.7. The van der Waals surface area contributed by atoms with E-state index in [1.54, 1.807) is 0 Å². The van der Waals surface area contributed by atoms with Crippen molar-refractivity contribution >= 4 is 60.8 Å². The molecule has 0 amide bonds. The van der Waals surface area contributed by atoms with E-state index in [1.165, 1.54) is 38.5 Å². The van der Waals surface area contributed by atoms with Crippen LogP contribution in [-0.4, -0.2) is 4.57 Å². The number of nitrogens with zero attached hydrogens (tertiary/aromatic N) is 2. The molecule has 0 saturated carbocycles. The molecule has 0 spiro atoms. The van der Waals surface area contributed by atoms with Crippen LogP contribution in [0.25, 0.3) is 116 Å². The van der Waals surface area contributed by atoms with Gasteiger partial charge < -0.3 is 13.9 Å². The lowest BCUT2D eigenvalue weighted by Crippen LogP contribution is -2.10. The molecular formula is C72H48N2O. The molecule has 0 fully saturated rings. The number of hydrogen-bond donors (Lipinski definition) is 0. The second-order valence-corrected chi connectivity index (χ2v) is 19.3. The smallest absolute Gasteiger partial charge is 0.135 e. The highest BCUT2D eigenvalue weighted by atomic mass is 16.3. The van der Waals surface area contributed by atoms with E-state index in [-0.39, 0.29) is 0 Å². The third-order valence-electron chi connectivity index (χ3n) is 14.7. The van der Waals surface area contributed by atoms with Gasteiger partial charge in [-0.3, -0.25) is 0 Å². The highest BCUT2D eigenvalue weighted by Crippen LogP contribution is 2.42. The zero-order valence-electron chi connectivity index (χ0n) is 41.0. The zero-order valence-corrected chi connectivity index (χ0v) is 41.0. The molecule has 0 bridgehead atoms. The van der Waals surface area contributed by atoms with E-state index in [9.17, 15) is 0 Å². The molecule has 12 aromatic carbocycles. The van der Waals surface area contributed by atoms with Crippen molar-refractivity contribution in [2.45, 2.75) is 0 Å². The summed E-state index contributed by atoms with van der Waals surface area (Å²) in [5.74, 6) is 0. The van der Waals surface area contributed by atoms with Gasteiger partial charge in [-0.15, -0.1) is 0 Å². The molecule has 14 aromatic rings. The first-order chi connectivity index (χ1) is 37.1. The minimum absolute atomic E-state index is 0.885. The van der Waals surface area contributed by atoms with Gasteiger partial charge in [-0.25, -0.2) is 0 Å². The monoisotopic (exact) mass is 956 g/mol. The Hall–Kier alpha value is -9.96. The number of hydrogen-bond acceptors (Lipinski definition) is 2. The summed E-state index contributed by atoms with van der Waals surface area (Å²) in [7, 11) is 0. The van der Waals surface area contributed by atoms with Crippen molar-refractivity contribution in [2.75, 3.05) is 4.90 Å². The molecule has 0 radical (unpaired) electrons. The summed E-state index contributed by atoms with van der Waals surface area (Å²) in [6.45, 7) is 0. The largest absolute Gasteiger partial charge is 0.456 e. The molecular weight excluding hydrogens is 909 g/mol. The Morgan fingerprint density at radius 3 is 1.32 bits per heavy atom. The fourth-order valence-corrected chi connectivity index (χ4v) is 11.1. The molecule has 0 aliphatic heterocycles. The Balaban J connectivity index is 0.900. The van der Waals surface area contributed by atoms with E-state index in [0.29, 0.717) is 0 Å². The lowest BCUT2D eigenvalue weighted by atomic mass is 9.91. The predicted molar refractivity (Wildman–Crippen MR) is 315 cm³/mol. The lowest BCUT2D eigenvalue weighted by molar-refractivity contribution is 0.669. The summed E-state index contributed by atoms with van der Waals surface area (Å²) >= 11 is 0. The van der Waals surface area contributed by atoms with Crippen LogP contribution in [0, 0.1) is 0 Å². The highest BCUT2D eigenvalue weighted by molar-refractivity contribution is 6.11. The third kappa shape index (κ3) is 8.14.